The lowest BCUT2D eigenvalue weighted by Gasteiger charge is -2.30. The maximum absolute atomic E-state index is 12.4. The molecule has 0 atom stereocenters. The Bertz CT molecular complexity index is 1140. The molecular weight excluding hydrogens is 402 g/mol. The molecule has 3 aromatic rings. The summed E-state index contributed by atoms with van der Waals surface area (Å²) >= 11 is 0. The highest BCUT2D eigenvalue weighted by Crippen LogP contribution is 2.30. The first kappa shape index (κ1) is 21.7. The molecule has 2 amide bonds. The number of hydrogen-bond acceptors (Lipinski definition) is 5. The quantitative estimate of drug-likeness (QED) is 0.365. The van der Waals surface area contributed by atoms with E-state index in [1.165, 1.54) is 5.57 Å². The fourth-order valence-corrected chi connectivity index (χ4v) is 3.74. The average Bonchev–Trinajstić information content (AvgIpc) is 3.18. The van der Waals surface area contributed by atoms with Crippen molar-refractivity contribution in [2.75, 3.05) is 30.5 Å². The van der Waals surface area contributed by atoms with Crippen LogP contribution in [0.1, 0.15) is 32.9 Å². The molecule has 5 N–H and O–H groups in total. The first-order valence-electron chi connectivity index (χ1n) is 10.8. The topological polar surface area (TPSA) is 102 Å². The van der Waals surface area contributed by atoms with Crippen LogP contribution in [-0.2, 0) is 0 Å². The molecule has 0 spiro atoms. The number of H-pyrrole nitrogens is 1. The normalized spacial score (nSPS) is 14.3. The number of aromatic amines is 1. The second-order valence-electron chi connectivity index (χ2n) is 9.19. The van der Waals surface area contributed by atoms with E-state index in [4.69, 9.17) is 5.84 Å². The van der Waals surface area contributed by atoms with Crippen LogP contribution < -0.4 is 21.5 Å². The zero-order valence-electron chi connectivity index (χ0n) is 19.1. The third-order valence-electron chi connectivity index (χ3n) is 5.41. The van der Waals surface area contributed by atoms with Gasteiger partial charge in [0, 0.05) is 48.6 Å². The Morgan fingerprint density at radius 1 is 1.22 bits per heavy atom. The average molecular weight is 434 g/mol. The first-order chi connectivity index (χ1) is 15.2. The third-order valence-corrected chi connectivity index (χ3v) is 5.41. The Morgan fingerprint density at radius 2 is 1.97 bits per heavy atom. The van der Waals surface area contributed by atoms with E-state index in [0.29, 0.717) is 13.1 Å². The summed E-state index contributed by atoms with van der Waals surface area (Å²) in [6.45, 7) is 7.25. The number of amides is 2. The highest BCUT2D eigenvalue weighted by atomic mass is 16.2. The maximum Gasteiger partial charge on any atom is 0.318 e. The Hall–Kier alpha value is -3.52. The van der Waals surface area contributed by atoms with Crippen molar-refractivity contribution in [2.45, 2.75) is 32.7 Å². The predicted molar refractivity (Wildman–Crippen MR) is 131 cm³/mol. The molecule has 1 aliphatic rings. The largest absolute Gasteiger partial charge is 0.355 e. The molecule has 4 rings (SSSR count). The van der Waals surface area contributed by atoms with Crippen LogP contribution in [0.3, 0.4) is 0 Å². The van der Waals surface area contributed by atoms with E-state index in [1.54, 1.807) is 11.2 Å². The van der Waals surface area contributed by atoms with Crippen LogP contribution in [0.25, 0.3) is 16.6 Å². The number of aromatic nitrogens is 2. The third kappa shape index (κ3) is 4.86. The van der Waals surface area contributed by atoms with Gasteiger partial charge in [-0.3, -0.25) is 0 Å². The summed E-state index contributed by atoms with van der Waals surface area (Å²) in [5, 5.41) is 9.11. The number of urea groups is 1. The summed E-state index contributed by atoms with van der Waals surface area (Å²) in [4.78, 5) is 22.2. The number of nitrogens with one attached hydrogen (secondary N) is 3. The highest BCUT2D eigenvalue weighted by molar-refractivity contribution is 5.94. The SMILES string of the molecule is CN(N)c1ccc(Nc2ccnc3[nH]c(C4=CCN(C(=O)NC(C)(C)C)CC4)cc23)cc1. The van der Waals surface area contributed by atoms with Crippen molar-refractivity contribution >= 4 is 39.7 Å². The van der Waals surface area contributed by atoms with Gasteiger partial charge in [-0.05, 0) is 69.2 Å². The molecule has 1 aromatic carbocycles. The van der Waals surface area contributed by atoms with Crippen molar-refractivity contribution < 1.29 is 4.79 Å². The Kier molecular flexibility index (Phi) is 5.80. The van der Waals surface area contributed by atoms with Crippen molar-refractivity contribution in [2.24, 2.45) is 5.84 Å². The number of nitrogens with two attached hydrogens (primary N) is 1. The Morgan fingerprint density at radius 3 is 2.59 bits per heavy atom. The first-order valence-corrected chi connectivity index (χ1v) is 10.8. The van der Waals surface area contributed by atoms with Gasteiger partial charge in [-0.15, -0.1) is 0 Å². The predicted octanol–water partition coefficient (Wildman–Crippen LogP) is 4.21. The molecule has 0 saturated carbocycles. The summed E-state index contributed by atoms with van der Waals surface area (Å²) in [6, 6.07) is 12.0. The summed E-state index contributed by atoms with van der Waals surface area (Å²) < 4.78 is 0. The van der Waals surface area contributed by atoms with E-state index in [-0.39, 0.29) is 11.6 Å². The number of pyridine rings is 1. The van der Waals surface area contributed by atoms with Gasteiger partial charge in [0.15, 0.2) is 0 Å². The zero-order valence-corrected chi connectivity index (χ0v) is 19.1. The van der Waals surface area contributed by atoms with Gasteiger partial charge in [0.25, 0.3) is 0 Å². The zero-order chi connectivity index (χ0) is 22.9. The number of nitrogens with zero attached hydrogens (tertiary/aromatic N) is 3. The minimum absolute atomic E-state index is 0.0237. The van der Waals surface area contributed by atoms with Gasteiger partial charge in [0.1, 0.15) is 5.65 Å². The van der Waals surface area contributed by atoms with Crippen LogP contribution in [0.4, 0.5) is 21.9 Å². The lowest BCUT2D eigenvalue weighted by molar-refractivity contribution is 0.193. The van der Waals surface area contributed by atoms with Gasteiger partial charge in [0.05, 0.1) is 11.4 Å². The van der Waals surface area contributed by atoms with Crippen LogP contribution in [-0.4, -0.2) is 46.6 Å². The van der Waals surface area contributed by atoms with E-state index in [0.717, 1.165) is 40.2 Å². The highest BCUT2D eigenvalue weighted by Gasteiger charge is 2.22. The lowest BCUT2D eigenvalue weighted by Crippen LogP contribution is -2.49. The molecule has 32 heavy (non-hydrogen) atoms. The maximum atomic E-state index is 12.4. The molecule has 0 unspecified atom stereocenters. The molecule has 3 heterocycles. The number of carbonyl (C=O) groups is 1. The molecule has 8 nitrogen and oxygen atoms in total. The number of anilines is 3. The van der Waals surface area contributed by atoms with E-state index in [1.807, 2.05) is 63.1 Å². The lowest BCUT2D eigenvalue weighted by atomic mass is 10.0. The number of rotatable bonds is 4. The molecule has 8 heteroatoms. The molecule has 168 valence electrons. The van der Waals surface area contributed by atoms with E-state index < -0.39 is 0 Å². The molecule has 0 bridgehead atoms. The molecule has 1 aliphatic heterocycles. The number of fused-ring (bicyclic) bond motifs is 1. The van der Waals surface area contributed by atoms with Crippen LogP contribution in [0.2, 0.25) is 0 Å². The van der Waals surface area contributed by atoms with Crippen molar-refractivity contribution in [1.29, 1.82) is 0 Å². The standard InChI is InChI=1S/C24H31N7O/c1-24(2,3)29-23(32)31-13-10-16(11-14-31)21-15-19-20(9-12-26-22(19)28-21)27-17-5-7-18(8-6-17)30(4)25/h5-10,12,15H,11,13-14,25H2,1-4H3,(H,29,32)(H2,26,27,28). The second-order valence-corrected chi connectivity index (χ2v) is 9.19. The van der Waals surface area contributed by atoms with Gasteiger partial charge in [-0.2, -0.15) is 0 Å². The summed E-state index contributed by atoms with van der Waals surface area (Å²) in [7, 11) is 1.81. The summed E-state index contributed by atoms with van der Waals surface area (Å²) in [5.74, 6) is 5.79. The smallest absolute Gasteiger partial charge is 0.318 e. The Labute approximate surface area is 188 Å². The van der Waals surface area contributed by atoms with E-state index in [9.17, 15) is 4.79 Å². The number of hydrazine groups is 1. The number of carbonyl (C=O) groups excluding carboxylic acids is 1. The minimum atomic E-state index is -0.242. The molecule has 0 aliphatic carbocycles. The fraction of sp³-hybridized carbons (Fsp3) is 0.333. The van der Waals surface area contributed by atoms with Crippen LogP contribution in [0, 0.1) is 0 Å². The summed E-state index contributed by atoms with van der Waals surface area (Å²) in [6.07, 6.45) is 4.70. The van der Waals surface area contributed by atoms with Crippen molar-refractivity contribution in [1.82, 2.24) is 20.2 Å². The van der Waals surface area contributed by atoms with Crippen LogP contribution in [0.15, 0.2) is 48.7 Å². The van der Waals surface area contributed by atoms with Crippen molar-refractivity contribution in [3.63, 3.8) is 0 Å². The van der Waals surface area contributed by atoms with Gasteiger partial charge in [-0.1, -0.05) is 6.08 Å². The minimum Gasteiger partial charge on any atom is -0.355 e. The van der Waals surface area contributed by atoms with E-state index >= 15 is 0 Å². The molecule has 2 aromatic heterocycles. The second kappa shape index (κ2) is 8.55. The van der Waals surface area contributed by atoms with Gasteiger partial charge in [0.2, 0.25) is 0 Å². The Balaban J connectivity index is 1.51. The summed E-state index contributed by atoms with van der Waals surface area (Å²) in [5.41, 5.74) is 5.72. The van der Waals surface area contributed by atoms with Crippen LogP contribution in [0.5, 0.6) is 0 Å². The molecule has 0 radical (unpaired) electrons. The van der Waals surface area contributed by atoms with Crippen molar-refractivity contribution in [3.8, 4) is 0 Å². The molecule has 0 saturated heterocycles. The van der Waals surface area contributed by atoms with Crippen LogP contribution >= 0.6 is 0 Å². The number of hydrogen-bond donors (Lipinski definition) is 4. The van der Waals surface area contributed by atoms with Gasteiger partial charge in [-0.25, -0.2) is 15.6 Å². The van der Waals surface area contributed by atoms with E-state index in [2.05, 4.69) is 32.7 Å². The van der Waals surface area contributed by atoms with Crippen molar-refractivity contribution in [3.05, 3.63) is 54.4 Å². The van der Waals surface area contributed by atoms with Gasteiger partial charge >= 0.3 is 6.03 Å². The monoisotopic (exact) mass is 433 g/mol. The molecular formula is C24H31N7O. The number of benzene rings is 1. The molecule has 0 fully saturated rings. The fourth-order valence-electron chi connectivity index (χ4n) is 3.74. The van der Waals surface area contributed by atoms with Gasteiger partial charge < -0.3 is 25.5 Å².